The third-order valence-electron chi connectivity index (χ3n) is 5.32. The van der Waals surface area contributed by atoms with Crippen LogP contribution in [0.3, 0.4) is 0 Å². The molecule has 0 saturated heterocycles. The molecule has 0 aliphatic heterocycles. The van der Waals surface area contributed by atoms with Gasteiger partial charge in [0.15, 0.2) is 0 Å². The van der Waals surface area contributed by atoms with E-state index in [1.165, 1.54) is 25.7 Å². The normalized spacial score (nSPS) is 13.1. The predicted octanol–water partition coefficient (Wildman–Crippen LogP) is 7.12. The highest BCUT2D eigenvalue weighted by molar-refractivity contribution is 5.73. The molecule has 0 saturated carbocycles. The van der Waals surface area contributed by atoms with Crippen molar-refractivity contribution >= 4 is 5.97 Å². The van der Waals surface area contributed by atoms with Crippen molar-refractivity contribution in [3.8, 4) is 5.75 Å². The van der Waals surface area contributed by atoms with E-state index in [1.54, 1.807) is 24.3 Å². The summed E-state index contributed by atoms with van der Waals surface area (Å²) >= 11 is 0. The summed E-state index contributed by atoms with van der Waals surface area (Å²) in [5.41, 5.74) is 0.897. The maximum absolute atomic E-state index is 11.5. The van der Waals surface area contributed by atoms with E-state index in [1.807, 2.05) is 0 Å². The van der Waals surface area contributed by atoms with Crippen molar-refractivity contribution in [1.29, 1.82) is 0 Å². The van der Waals surface area contributed by atoms with Gasteiger partial charge in [0.1, 0.15) is 11.8 Å². The van der Waals surface area contributed by atoms with Gasteiger partial charge in [-0.3, -0.25) is 4.79 Å². The number of rotatable bonds is 19. The topological polar surface area (TPSA) is 69.6 Å². The number of phenols is 1. The van der Waals surface area contributed by atoms with Crippen molar-refractivity contribution in [2.45, 2.75) is 83.6 Å². The second-order valence-electron chi connectivity index (χ2n) is 8.30. The zero-order chi connectivity index (χ0) is 24.0. The van der Waals surface area contributed by atoms with E-state index in [0.29, 0.717) is 13.0 Å². The molecule has 0 unspecified atom stereocenters. The zero-order valence-electron chi connectivity index (χ0n) is 20.3. The molecule has 1 atom stereocenters. The molecule has 1 rings (SSSR count). The average molecular weight is 454 g/mol. The molecule has 0 radical (unpaired) electrons. The Bertz CT molecular complexity index is 732. The lowest BCUT2D eigenvalue weighted by Crippen LogP contribution is -2.39. The predicted molar refractivity (Wildman–Crippen MR) is 140 cm³/mol. The van der Waals surface area contributed by atoms with Crippen LogP contribution < -0.4 is 5.32 Å². The first-order valence-corrected chi connectivity index (χ1v) is 12.5. The monoisotopic (exact) mass is 453 g/mol. The molecule has 0 spiro atoms. The smallest absolute Gasteiger partial charge is 0.321 e. The molecule has 1 aromatic rings. The van der Waals surface area contributed by atoms with Gasteiger partial charge in [0, 0.05) is 0 Å². The molecule has 0 aliphatic carbocycles. The van der Waals surface area contributed by atoms with Crippen LogP contribution in [-0.4, -0.2) is 28.8 Å². The molecular weight excluding hydrogens is 410 g/mol. The number of hydrogen-bond acceptors (Lipinski definition) is 3. The minimum Gasteiger partial charge on any atom is -0.508 e. The summed E-state index contributed by atoms with van der Waals surface area (Å²) in [4.78, 5) is 11.5. The van der Waals surface area contributed by atoms with Gasteiger partial charge in [-0.2, -0.15) is 0 Å². The molecule has 4 heteroatoms. The van der Waals surface area contributed by atoms with Crippen molar-refractivity contribution in [1.82, 2.24) is 5.32 Å². The molecule has 0 heterocycles. The number of aromatic hydroxyl groups is 1. The molecule has 0 amide bonds. The van der Waals surface area contributed by atoms with Gasteiger partial charge < -0.3 is 15.5 Å². The lowest BCUT2D eigenvalue weighted by molar-refractivity contribution is -0.139. The molecule has 182 valence electrons. The van der Waals surface area contributed by atoms with Crippen LogP contribution in [0.5, 0.6) is 5.75 Å². The molecule has 3 N–H and O–H groups in total. The van der Waals surface area contributed by atoms with Crippen molar-refractivity contribution in [2.75, 3.05) is 6.54 Å². The quantitative estimate of drug-likeness (QED) is 0.154. The number of aliphatic carboxylic acids is 1. The highest BCUT2D eigenvalue weighted by Gasteiger charge is 2.16. The molecule has 0 fully saturated rings. The first-order chi connectivity index (χ1) is 16.1. The number of carbonyl (C=O) groups is 1. The molecular formula is C29H43NO3. The number of hydrogen-bond donors (Lipinski definition) is 3. The second-order valence-corrected chi connectivity index (χ2v) is 8.30. The summed E-state index contributed by atoms with van der Waals surface area (Å²) in [6.07, 6.45) is 29.3. The first kappa shape index (κ1) is 28.4. The lowest BCUT2D eigenvalue weighted by atomic mass is 10.1. The fourth-order valence-corrected chi connectivity index (χ4v) is 3.34. The minimum absolute atomic E-state index is 0.190. The molecule has 1 aromatic carbocycles. The van der Waals surface area contributed by atoms with E-state index in [0.717, 1.165) is 44.1 Å². The number of allylic oxidation sites excluding steroid dienone is 8. The SMILES string of the molecule is CCCCCC=CCC=CCC=CCC=CCCCCN[C@@H](Cc1ccc(O)cc1)C(=O)O. The number of unbranched alkanes of at least 4 members (excludes halogenated alkanes) is 5. The Morgan fingerprint density at radius 3 is 1.85 bits per heavy atom. The molecule has 33 heavy (non-hydrogen) atoms. The van der Waals surface area contributed by atoms with E-state index in [4.69, 9.17) is 0 Å². The van der Waals surface area contributed by atoms with Crippen molar-refractivity contribution in [3.05, 3.63) is 78.4 Å². The Kier molecular flexibility index (Phi) is 17.3. The zero-order valence-corrected chi connectivity index (χ0v) is 20.3. The minimum atomic E-state index is -0.844. The van der Waals surface area contributed by atoms with Crippen LogP contribution in [0.1, 0.15) is 76.7 Å². The summed E-state index contributed by atoms with van der Waals surface area (Å²) in [6.45, 7) is 2.92. The summed E-state index contributed by atoms with van der Waals surface area (Å²) in [5, 5.41) is 21.9. The van der Waals surface area contributed by atoms with E-state index >= 15 is 0 Å². The fraction of sp³-hybridized carbons (Fsp3) is 0.483. The lowest BCUT2D eigenvalue weighted by Gasteiger charge is -2.14. The summed E-state index contributed by atoms with van der Waals surface area (Å²) in [6, 6.07) is 6.08. The van der Waals surface area contributed by atoms with Gasteiger partial charge in [-0.1, -0.05) is 80.5 Å². The highest BCUT2D eigenvalue weighted by Crippen LogP contribution is 2.11. The van der Waals surface area contributed by atoms with E-state index in [2.05, 4.69) is 60.8 Å². The third kappa shape index (κ3) is 16.7. The average Bonchev–Trinajstić information content (AvgIpc) is 2.81. The van der Waals surface area contributed by atoms with Crippen molar-refractivity contribution in [3.63, 3.8) is 0 Å². The number of nitrogens with one attached hydrogen (secondary N) is 1. The highest BCUT2D eigenvalue weighted by atomic mass is 16.4. The van der Waals surface area contributed by atoms with Crippen LogP contribution in [0.2, 0.25) is 0 Å². The van der Waals surface area contributed by atoms with Gasteiger partial charge >= 0.3 is 5.97 Å². The Balaban J connectivity index is 2.03. The Morgan fingerprint density at radius 2 is 1.33 bits per heavy atom. The Labute approximate surface area is 200 Å². The molecule has 0 aliphatic rings. The van der Waals surface area contributed by atoms with E-state index in [-0.39, 0.29) is 5.75 Å². The number of phenolic OH excluding ortho intramolecular Hbond substituents is 1. The number of carboxylic acid groups (broad SMARTS) is 1. The maximum atomic E-state index is 11.5. The fourth-order valence-electron chi connectivity index (χ4n) is 3.34. The van der Waals surface area contributed by atoms with Crippen molar-refractivity contribution in [2.24, 2.45) is 0 Å². The van der Waals surface area contributed by atoms with E-state index in [9.17, 15) is 15.0 Å². The van der Waals surface area contributed by atoms with Gasteiger partial charge in [0.2, 0.25) is 0 Å². The van der Waals surface area contributed by atoms with Gasteiger partial charge in [0.05, 0.1) is 0 Å². The number of carboxylic acids is 1. The maximum Gasteiger partial charge on any atom is 0.321 e. The largest absolute Gasteiger partial charge is 0.508 e. The summed E-state index contributed by atoms with van der Waals surface area (Å²) < 4.78 is 0. The van der Waals surface area contributed by atoms with Gasteiger partial charge in [-0.05, 0) is 82.0 Å². The standard InChI is InChI=1S/C29H43NO3/c1-2-3-4-5-6-7-8-9-10-11-12-13-14-15-16-17-18-19-24-30-28(29(32)33)25-26-20-22-27(31)23-21-26/h6-7,9-10,12-13,15-16,20-23,28,30-31H,2-5,8,11,14,17-19,24-25H2,1H3,(H,32,33)/t28-/m0/s1. The van der Waals surface area contributed by atoms with Gasteiger partial charge in [-0.15, -0.1) is 0 Å². The van der Waals surface area contributed by atoms with Gasteiger partial charge in [0.25, 0.3) is 0 Å². The van der Waals surface area contributed by atoms with Crippen molar-refractivity contribution < 1.29 is 15.0 Å². The van der Waals surface area contributed by atoms with Gasteiger partial charge in [-0.25, -0.2) is 0 Å². The van der Waals surface area contributed by atoms with Crippen LogP contribution in [0, 0.1) is 0 Å². The van der Waals surface area contributed by atoms with Crippen LogP contribution in [0.15, 0.2) is 72.9 Å². The molecule has 0 aromatic heterocycles. The summed E-state index contributed by atoms with van der Waals surface area (Å²) in [7, 11) is 0. The van der Waals surface area contributed by atoms with Crippen LogP contribution in [-0.2, 0) is 11.2 Å². The number of benzene rings is 1. The molecule has 4 nitrogen and oxygen atoms in total. The second kappa shape index (κ2) is 20.0. The first-order valence-electron chi connectivity index (χ1n) is 12.5. The van der Waals surface area contributed by atoms with Crippen LogP contribution in [0.4, 0.5) is 0 Å². The Hall–Kier alpha value is -2.59. The van der Waals surface area contributed by atoms with E-state index < -0.39 is 12.0 Å². The third-order valence-corrected chi connectivity index (χ3v) is 5.32. The Morgan fingerprint density at radius 1 is 0.818 bits per heavy atom. The molecule has 0 bridgehead atoms. The van der Waals surface area contributed by atoms with Crippen LogP contribution in [0.25, 0.3) is 0 Å². The van der Waals surface area contributed by atoms with Crippen LogP contribution >= 0.6 is 0 Å². The summed E-state index contributed by atoms with van der Waals surface area (Å²) in [5.74, 6) is -0.654.